The molecule has 2 atom stereocenters. The van der Waals surface area contributed by atoms with Crippen molar-refractivity contribution in [2.75, 3.05) is 26.2 Å². The number of hydrogen-bond acceptors (Lipinski definition) is 2. The molecule has 0 amide bonds. The number of nitrogens with two attached hydrogens (primary N) is 1. The third kappa shape index (κ3) is 3.46. The van der Waals surface area contributed by atoms with Gasteiger partial charge < -0.3 is 10.6 Å². The molecule has 0 aromatic rings. The molecule has 2 nitrogen and oxygen atoms in total. The van der Waals surface area contributed by atoms with Gasteiger partial charge in [-0.15, -0.1) is 0 Å². The summed E-state index contributed by atoms with van der Waals surface area (Å²) in [5.41, 5.74) is 6.19. The van der Waals surface area contributed by atoms with E-state index in [9.17, 15) is 0 Å². The van der Waals surface area contributed by atoms with Crippen molar-refractivity contribution < 1.29 is 0 Å². The molecule has 2 unspecified atom stereocenters. The second-order valence-electron chi connectivity index (χ2n) is 5.90. The number of nitrogens with zero attached hydrogens (tertiary/aromatic N) is 1. The monoisotopic (exact) mass is 212 g/mol. The Bertz CT molecular complexity index is 185. The average Bonchev–Trinajstić information content (AvgIpc) is 2.66. The van der Waals surface area contributed by atoms with E-state index in [1.165, 1.54) is 32.5 Å². The molecule has 1 fully saturated rings. The van der Waals surface area contributed by atoms with E-state index in [4.69, 9.17) is 5.73 Å². The maximum atomic E-state index is 5.86. The van der Waals surface area contributed by atoms with Crippen molar-refractivity contribution in [3.8, 4) is 0 Å². The molecule has 0 aromatic heterocycles. The van der Waals surface area contributed by atoms with Gasteiger partial charge in [-0.25, -0.2) is 0 Å². The lowest BCUT2D eigenvalue weighted by molar-refractivity contribution is 0.183. The van der Waals surface area contributed by atoms with Crippen molar-refractivity contribution in [1.82, 2.24) is 4.90 Å². The first-order valence-corrected chi connectivity index (χ1v) is 6.43. The molecule has 1 aliphatic heterocycles. The average molecular weight is 212 g/mol. The fraction of sp³-hybridized carbons (Fsp3) is 1.00. The minimum Gasteiger partial charge on any atom is -0.330 e. The zero-order chi connectivity index (χ0) is 11.5. The highest BCUT2D eigenvalue weighted by atomic mass is 15.2. The first-order valence-electron chi connectivity index (χ1n) is 6.43. The summed E-state index contributed by atoms with van der Waals surface area (Å²) in [6.45, 7) is 13.8. The normalized spacial score (nSPS) is 27.2. The molecule has 0 saturated carbocycles. The van der Waals surface area contributed by atoms with Gasteiger partial charge in [0, 0.05) is 13.1 Å². The van der Waals surface area contributed by atoms with Gasteiger partial charge in [-0.05, 0) is 43.2 Å². The number of likely N-dealkylation sites (tertiary alicyclic amines) is 1. The first-order chi connectivity index (χ1) is 7.00. The van der Waals surface area contributed by atoms with Gasteiger partial charge in [0.1, 0.15) is 0 Å². The van der Waals surface area contributed by atoms with Crippen LogP contribution in [0.2, 0.25) is 0 Å². The molecule has 1 saturated heterocycles. The van der Waals surface area contributed by atoms with E-state index in [0.29, 0.717) is 5.41 Å². The van der Waals surface area contributed by atoms with E-state index >= 15 is 0 Å². The Labute approximate surface area is 95.2 Å². The van der Waals surface area contributed by atoms with Crippen molar-refractivity contribution in [3.05, 3.63) is 0 Å². The molecule has 0 radical (unpaired) electrons. The van der Waals surface area contributed by atoms with Crippen molar-refractivity contribution in [2.24, 2.45) is 23.0 Å². The van der Waals surface area contributed by atoms with Gasteiger partial charge in [0.25, 0.3) is 0 Å². The summed E-state index contributed by atoms with van der Waals surface area (Å²) in [6, 6.07) is 0. The molecule has 2 heteroatoms. The molecule has 90 valence electrons. The van der Waals surface area contributed by atoms with Crippen LogP contribution in [0.3, 0.4) is 0 Å². The van der Waals surface area contributed by atoms with Gasteiger partial charge in [-0.3, -0.25) is 0 Å². The maximum Gasteiger partial charge on any atom is 0.00474 e. The Kier molecular flexibility index (Phi) is 4.60. The predicted octanol–water partition coefficient (Wildman–Crippen LogP) is 2.34. The largest absolute Gasteiger partial charge is 0.330 e. The zero-order valence-electron chi connectivity index (χ0n) is 10.9. The van der Waals surface area contributed by atoms with Crippen LogP contribution in [0.15, 0.2) is 0 Å². The van der Waals surface area contributed by atoms with Crippen LogP contribution in [0.5, 0.6) is 0 Å². The minimum atomic E-state index is 0.325. The SMILES string of the molecule is CCC(C)(CN)CN1CCC(C(C)C)C1. The quantitative estimate of drug-likeness (QED) is 0.758. The molecule has 1 heterocycles. The number of hydrogen-bond donors (Lipinski definition) is 1. The van der Waals surface area contributed by atoms with Crippen LogP contribution in [0.25, 0.3) is 0 Å². The van der Waals surface area contributed by atoms with E-state index in [1.54, 1.807) is 0 Å². The summed E-state index contributed by atoms with van der Waals surface area (Å²) in [4.78, 5) is 2.61. The summed E-state index contributed by atoms with van der Waals surface area (Å²) >= 11 is 0. The van der Waals surface area contributed by atoms with Crippen LogP contribution >= 0.6 is 0 Å². The summed E-state index contributed by atoms with van der Waals surface area (Å²) in [5, 5.41) is 0. The van der Waals surface area contributed by atoms with E-state index in [1.807, 2.05) is 0 Å². The van der Waals surface area contributed by atoms with Crippen LogP contribution in [0.1, 0.15) is 40.5 Å². The molecule has 0 aromatic carbocycles. The molecule has 1 rings (SSSR count). The maximum absolute atomic E-state index is 5.86. The smallest absolute Gasteiger partial charge is 0.00474 e. The van der Waals surface area contributed by atoms with E-state index in [2.05, 4.69) is 32.6 Å². The van der Waals surface area contributed by atoms with Crippen LogP contribution in [-0.4, -0.2) is 31.1 Å². The summed E-state index contributed by atoms with van der Waals surface area (Å²) in [5.74, 6) is 1.74. The van der Waals surface area contributed by atoms with Crippen molar-refractivity contribution in [1.29, 1.82) is 0 Å². The fourth-order valence-corrected chi connectivity index (χ4v) is 2.41. The Morgan fingerprint density at radius 2 is 2.13 bits per heavy atom. The minimum absolute atomic E-state index is 0.325. The van der Waals surface area contributed by atoms with Crippen LogP contribution in [0.4, 0.5) is 0 Å². The fourth-order valence-electron chi connectivity index (χ4n) is 2.41. The van der Waals surface area contributed by atoms with Gasteiger partial charge >= 0.3 is 0 Å². The van der Waals surface area contributed by atoms with Crippen molar-refractivity contribution >= 4 is 0 Å². The van der Waals surface area contributed by atoms with Gasteiger partial charge in [0.2, 0.25) is 0 Å². The third-order valence-corrected chi connectivity index (χ3v) is 4.20. The van der Waals surface area contributed by atoms with Gasteiger partial charge in [-0.1, -0.05) is 27.7 Å². The molecule has 0 bridgehead atoms. The molecule has 1 aliphatic rings. The van der Waals surface area contributed by atoms with Gasteiger partial charge in [-0.2, -0.15) is 0 Å². The standard InChI is InChI=1S/C13H28N2/c1-5-13(4,9-14)10-15-7-6-12(8-15)11(2)3/h11-12H,5-10,14H2,1-4H3. The predicted molar refractivity (Wildman–Crippen MR) is 66.8 cm³/mol. The highest BCUT2D eigenvalue weighted by molar-refractivity contribution is 4.84. The zero-order valence-corrected chi connectivity index (χ0v) is 10.9. The van der Waals surface area contributed by atoms with Crippen molar-refractivity contribution in [2.45, 2.75) is 40.5 Å². The second kappa shape index (κ2) is 5.31. The van der Waals surface area contributed by atoms with Crippen LogP contribution in [0, 0.1) is 17.3 Å². The molecular weight excluding hydrogens is 184 g/mol. The lowest BCUT2D eigenvalue weighted by Gasteiger charge is -2.32. The summed E-state index contributed by atoms with van der Waals surface area (Å²) in [7, 11) is 0. The van der Waals surface area contributed by atoms with Gasteiger partial charge in [0.05, 0.1) is 0 Å². The first kappa shape index (κ1) is 13.0. The highest BCUT2D eigenvalue weighted by Gasteiger charge is 2.30. The molecule has 0 aliphatic carbocycles. The third-order valence-electron chi connectivity index (χ3n) is 4.20. The Morgan fingerprint density at radius 1 is 1.47 bits per heavy atom. The Morgan fingerprint density at radius 3 is 2.53 bits per heavy atom. The molecule has 2 N–H and O–H groups in total. The highest BCUT2D eigenvalue weighted by Crippen LogP contribution is 2.28. The molecular formula is C13H28N2. The Balaban J connectivity index is 2.41. The van der Waals surface area contributed by atoms with E-state index < -0.39 is 0 Å². The van der Waals surface area contributed by atoms with E-state index in [0.717, 1.165) is 18.4 Å². The van der Waals surface area contributed by atoms with Crippen LogP contribution in [-0.2, 0) is 0 Å². The summed E-state index contributed by atoms with van der Waals surface area (Å²) < 4.78 is 0. The Hall–Kier alpha value is -0.0800. The number of rotatable bonds is 5. The second-order valence-corrected chi connectivity index (χ2v) is 5.90. The lowest BCUT2D eigenvalue weighted by Crippen LogP contribution is -2.39. The molecule has 0 spiro atoms. The van der Waals surface area contributed by atoms with Crippen molar-refractivity contribution in [3.63, 3.8) is 0 Å². The molecule has 15 heavy (non-hydrogen) atoms. The summed E-state index contributed by atoms with van der Waals surface area (Å²) in [6.07, 6.45) is 2.56. The van der Waals surface area contributed by atoms with Crippen LogP contribution < -0.4 is 5.73 Å². The topological polar surface area (TPSA) is 29.3 Å². The van der Waals surface area contributed by atoms with Gasteiger partial charge in [0.15, 0.2) is 0 Å². The lowest BCUT2D eigenvalue weighted by atomic mass is 9.87. The van der Waals surface area contributed by atoms with E-state index in [-0.39, 0.29) is 0 Å².